The number of ether oxygens (including phenoxy) is 2. The normalized spacial score (nSPS) is 15.4. The number of fused-ring (bicyclic) bond motifs is 1. The van der Waals surface area contributed by atoms with Gasteiger partial charge in [-0.3, -0.25) is 0 Å². The SMILES string of the molecule is CCN(CC)CC(C)NCc1ccc2c(c1)OCCO2. The number of rotatable bonds is 7. The van der Waals surface area contributed by atoms with Crippen LogP contribution in [0.25, 0.3) is 0 Å². The van der Waals surface area contributed by atoms with Gasteiger partial charge in [0.25, 0.3) is 0 Å². The average molecular weight is 278 g/mol. The first-order valence-corrected chi connectivity index (χ1v) is 7.57. The Bertz CT molecular complexity index is 419. The molecule has 0 bridgehead atoms. The molecular formula is C16H26N2O2. The number of hydrogen-bond acceptors (Lipinski definition) is 4. The van der Waals surface area contributed by atoms with Crippen LogP contribution in [0, 0.1) is 0 Å². The van der Waals surface area contributed by atoms with Gasteiger partial charge in [0.2, 0.25) is 0 Å². The van der Waals surface area contributed by atoms with E-state index in [2.05, 4.69) is 43.1 Å². The van der Waals surface area contributed by atoms with Gasteiger partial charge in [0, 0.05) is 19.1 Å². The molecule has 1 N–H and O–H groups in total. The fourth-order valence-corrected chi connectivity index (χ4v) is 2.42. The lowest BCUT2D eigenvalue weighted by Crippen LogP contribution is -2.38. The van der Waals surface area contributed by atoms with Crippen molar-refractivity contribution >= 4 is 0 Å². The maximum atomic E-state index is 5.61. The van der Waals surface area contributed by atoms with Crippen LogP contribution in [0.15, 0.2) is 18.2 Å². The van der Waals surface area contributed by atoms with E-state index in [0.717, 1.165) is 37.7 Å². The molecule has 1 aromatic rings. The van der Waals surface area contributed by atoms with E-state index in [9.17, 15) is 0 Å². The number of likely N-dealkylation sites (N-methyl/N-ethyl adjacent to an activating group) is 1. The fraction of sp³-hybridized carbons (Fsp3) is 0.625. The van der Waals surface area contributed by atoms with Gasteiger partial charge in [-0.15, -0.1) is 0 Å². The molecule has 1 aromatic carbocycles. The maximum Gasteiger partial charge on any atom is 0.161 e. The van der Waals surface area contributed by atoms with Gasteiger partial charge in [0.1, 0.15) is 13.2 Å². The average Bonchev–Trinajstić information content (AvgIpc) is 2.50. The first-order chi connectivity index (χ1) is 9.72. The zero-order valence-electron chi connectivity index (χ0n) is 12.8. The molecular weight excluding hydrogens is 252 g/mol. The van der Waals surface area contributed by atoms with E-state index in [1.807, 2.05) is 6.07 Å². The third kappa shape index (κ3) is 4.12. The number of benzene rings is 1. The Morgan fingerprint density at radius 3 is 2.55 bits per heavy atom. The predicted octanol–water partition coefficient (Wildman–Crippen LogP) is 2.28. The zero-order chi connectivity index (χ0) is 14.4. The number of nitrogens with one attached hydrogen (secondary N) is 1. The summed E-state index contributed by atoms with van der Waals surface area (Å²) in [5, 5.41) is 3.57. The highest BCUT2D eigenvalue weighted by Crippen LogP contribution is 2.30. The highest BCUT2D eigenvalue weighted by molar-refractivity contribution is 5.43. The lowest BCUT2D eigenvalue weighted by atomic mass is 10.2. The molecule has 0 amide bonds. The second-order valence-electron chi connectivity index (χ2n) is 5.25. The van der Waals surface area contributed by atoms with Gasteiger partial charge in [-0.05, 0) is 37.7 Å². The molecule has 1 unspecified atom stereocenters. The lowest BCUT2D eigenvalue weighted by molar-refractivity contribution is 0.171. The van der Waals surface area contributed by atoms with Gasteiger partial charge < -0.3 is 19.7 Å². The van der Waals surface area contributed by atoms with Crippen LogP contribution in [0.1, 0.15) is 26.3 Å². The van der Waals surface area contributed by atoms with Crippen molar-refractivity contribution in [2.24, 2.45) is 0 Å². The maximum absolute atomic E-state index is 5.61. The van der Waals surface area contributed by atoms with Gasteiger partial charge in [0.05, 0.1) is 0 Å². The van der Waals surface area contributed by atoms with Crippen molar-refractivity contribution < 1.29 is 9.47 Å². The van der Waals surface area contributed by atoms with Crippen LogP contribution in [-0.2, 0) is 6.54 Å². The summed E-state index contributed by atoms with van der Waals surface area (Å²) >= 11 is 0. The Hall–Kier alpha value is -1.26. The molecule has 1 aliphatic rings. The second-order valence-corrected chi connectivity index (χ2v) is 5.25. The Balaban J connectivity index is 1.84. The van der Waals surface area contributed by atoms with Gasteiger partial charge in [-0.2, -0.15) is 0 Å². The van der Waals surface area contributed by atoms with E-state index in [1.54, 1.807) is 0 Å². The minimum absolute atomic E-state index is 0.475. The molecule has 0 spiro atoms. The quantitative estimate of drug-likeness (QED) is 0.829. The van der Waals surface area contributed by atoms with E-state index in [0.29, 0.717) is 19.3 Å². The van der Waals surface area contributed by atoms with E-state index >= 15 is 0 Å². The molecule has 0 radical (unpaired) electrons. The van der Waals surface area contributed by atoms with Gasteiger partial charge >= 0.3 is 0 Å². The Morgan fingerprint density at radius 2 is 1.85 bits per heavy atom. The molecule has 0 fully saturated rings. The molecule has 1 heterocycles. The Kier molecular flexibility index (Phi) is 5.68. The standard InChI is InChI=1S/C16H26N2O2/c1-4-18(5-2)12-13(3)17-11-14-6-7-15-16(10-14)20-9-8-19-15/h6-7,10,13,17H,4-5,8-9,11-12H2,1-3H3. The largest absolute Gasteiger partial charge is 0.486 e. The molecule has 0 aliphatic carbocycles. The second kappa shape index (κ2) is 7.50. The molecule has 4 heteroatoms. The number of nitrogens with zero attached hydrogens (tertiary/aromatic N) is 1. The zero-order valence-corrected chi connectivity index (χ0v) is 12.8. The van der Waals surface area contributed by atoms with Crippen LogP contribution >= 0.6 is 0 Å². The van der Waals surface area contributed by atoms with Crippen molar-refractivity contribution in [3.05, 3.63) is 23.8 Å². The summed E-state index contributed by atoms with van der Waals surface area (Å²) < 4.78 is 11.1. The van der Waals surface area contributed by atoms with Crippen molar-refractivity contribution in [1.29, 1.82) is 0 Å². The van der Waals surface area contributed by atoms with E-state index < -0.39 is 0 Å². The van der Waals surface area contributed by atoms with Crippen molar-refractivity contribution in [2.45, 2.75) is 33.4 Å². The highest BCUT2D eigenvalue weighted by atomic mass is 16.6. The summed E-state index contributed by atoms with van der Waals surface area (Å²) in [4.78, 5) is 2.43. The van der Waals surface area contributed by atoms with Gasteiger partial charge in [-0.25, -0.2) is 0 Å². The van der Waals surface area contributed by atoms with Crippen molar-refractivity contribution in [3.63, 3.8) is 0 Å². The van der Waals surface area contributed by atoms with E-state index in [4.69, 9.17) is 9.47 Å². The summed E-state index contributed by atoms with van der Waals surface area (Å²) in [6.07, 6.45) is 0. The first-order valence-electron chi connectivity index (χ1n) is 7.57. The summed E-state index contributed by atoms with van der Waals surface area (Å²) in [7, 11) is 0. The molecule has 0 saturated heterocycles. The summed E-state index contributed by atoms with van der Waals surface area (Å²) in [6, 6.07) is 6.65. The molecule has 1 aliphatic heterocycles. The molecule has 1 atom stereocenters. The van der Waals surface area contributed by atoms with Crippen molar-refractivity contribution in [2.75, 3.05) is 32.8 Å². The van der Waals surface area contributed by atoms with Crippen LogP contribution in [0.5, 0.6) is 11.5 Å². The van der Waals surface area contributed by atoms with Gasteiger partial charge in [0.15, 0.2) is 11.5 Å². The van der Waals surface area contributed by atoms with Crippen LogP contribution in [0.2, 0.25) is 0 Å². The van der Waals surface area contributed by atoms with Crippen LogP contribution in [-0.4, -0.2) is 43.8 Å². The number of hydrogen-bond donors (Lipinski definition) is 1. The predicted molar refractivity (Wildman–Crippen MR) is 81.5 cm³/mol. The van der Waals surface area contributed by atoms with Crippen LogP contribution < -0.4 is 14.8 Å². The highest BCUT2D eigenvalue weighted by Gasteiger charge is 2.12. The monoisotopic (exact) mass is 278 g/mol. The Morgan fingerprint density at radius 1 is 1.15 bits per heavy atom. The molecule has 0 saturated carbocycles. The topological polar surface area (TPSA) is 33.7 Å². The minimum atomic E-state index is 0.475. The molecule has 112 valence electrons. The van der Waals surface area contributed by atoms with Gasteiger partial charge in [-0.1, -0.05) is 19.9 Å². The molecule has 2 rings (SSSR count). The summed E-state index contributed by atoms with van der Waals surface area (Å²) in [6.45, 7) is 12.1. The van der Waals surface area contributed by atoms with Crippen molar-refractivity contribution in [1.82, 2.24) is 10.2 Å². The molecule has 4 nitrogen and oxygen atoms in total. The lowest BCUT2D eigenvalue weighted by Gasteiger charge is -2.24. The summed E-state index contributed by atoms with van der Waals surface area (Å²) in [5.41, 5.74) is 1.24. The molecule has 20 heavy (non-hydrogen) atoms. The van der Waals surface area contributed by atoms with E-state index in [-0.39, 0.29) is 0 Å². The smallest absolute Gasteiger partial charge is 0.161 e. The minimum Gasteiger partial charge on any atom is -0.486 e. The first kappa shape index (κ1) is 15.1. The molecule has 0 aromatic heterocycles. The van der Waals surface area contributed by atoms with Crippen LogP contribution in [0.3, 0.4) is 0 Å². The third-order valence-electron chi connectivity index (χ3n) is 3.69. The fourth-order valence-electron chi connectivity index (χ4n) is 2.42. The van der Waals surface area contributed by atoms with Crippen molar-refractivity contribution in [3.8, 4) is 11.5 Å². The van der Waals surface area contributed by atoms with Crippen LogP contribution in [0.4, 0.5) is 0 Å². The third-order valence-corrected chi connectivity index (χ3v) is 3.69. The summed E-state index contributed by atoms with van der Waals surface area (Å²) in [5.74, 6) is 1.73. The van der Waals surface area contributed by atoms with E-state index in [1.165, 1.54) is 5.56 Å². The Labute approximate surface area is 122 Å².